The molecule has 1 aromatic rings. The maximum Gasteiger partial charge on any atom is 0.410 e. The highest BCUT2D eigenvalue weighted by Gasteiger charge is 2.41. The number of amides is 2. The Morgan fingerprint density at radius 3 is 2.40 bits per heavy atom. The summed E-state index contributed by atoms with van der Waals surface area (Å²) in [7, 11) is 1.56. The third-order valence-corrected chi connectivity index (χ3v) is 5.47. The van der Waals surface area contributed by atoms with Crippen molar-refractivity contribution in [3.8, 4) is 0 Å². The van der Waals surface area contributed by atoms with Crippen molar-refractivity contribution in [3.63, 3.8) is 0 Å². The molecule has 30 heavy (non-hydrogen) atoms. The highest BCUT2D eigenvalue weighted by atomic mass is 16.6. The summed E-state index contributed by atoms with van der Waals surface area (Å²) in [5.41, 5.74) is 0.159. The summed E-state index contributed by atoms with van der Waals surface area (Å²) in [6.07, 6.45) is -0.0830. The van der Waals surface area contributed by atoms with E-state index in [1.807, 2.05) is 51.1 Å². The van der Waals surface area contributed by atoms with Crippen molar-refractivity contribution >= 4 is 12.0 Å². The molecule has 1 heterocycles. The second-order valence-corrected chi connectivity index (χ2v) is 9.03. The Bertz CT molecular complexity index is 703. The first-order valence-electron chi connectivity index (χ1n) is 10.6. The van der Waals surface area contributed by atoms with Gasteiger partial charge in [-0.05, 0) is 46.1 Å². The zero-order valence-corrected chi connectivity index (χ0v) is 18.9. The third kappa shape index (κ3) is 6.19. The van der Waals surface area contributed by atoms with E-state index in [1.165, 1.54) is 0 Å². The molecule has 0 bridgehead atoms. The van der Waals surface area contributed by atoms with Crippen LogP contribution in [0.25, 0.3) is 0 Å². The van der Waals surface area contributed by atoms with Gasteiger partial charge in [-0.2, -0.15) is 0 Å². The number of aliphatic hydroxyl groups excluding tert-OH is 1. The highest BCUT2D eigenvalue weighted by Crippen LogP contribution is 2.28. The lowest BCUT2D eigenvalue weighted by molar-refractivity contribution is -0.132. The third-order valence-electron chi connectivity index (χ3n) is 5.47. The molecule has 0 saturated carbocycles. The van der Waals surface area contributed by atoms with Gasteiger partial charge in [0.25, 0.3) is 0 Å². The second-order valence-electron chi connectivity index (χ2n) is 9.03. The molecule has 0 radical (unpaired) electrons. The fraction of sp³-hybridized carbons (Fsp3) is 0.652. The van der Waals surface area contributed by atoms with Gasteiger partial charge in [-0.1, -0.05) is 37.3 Å². The summed E-state index contributed by atoms with van der Waals surface area (Å²) in [5.74, 6) is -0.728. The van der Waals surface area contributed by atoms with E-state index in [4.69, 9.17) is 9.47 Å². The molecule has 0 aliphatic carbocycles. The van der Waals surface area contributed by atoms with Crippen LogP contribution in [0.15, 0.2) is 30.3 Å². The summed E-state index contributed by atoms with van der Waals surface area (Å²) in [6, 6.07) is 8.52. The number of aliphatic hydroxyl groups is 1. The van der Waals surface area contributed by atoms with Crippen LogP contribution in [0.5, 0.6) is 0 Å². The van der Waals surface area contributed by atoms with Crippen LogP contribution >= 0.6 is 0 Å². The molecule has 1 aliphatic rings. The zero-order chi connectivity index (χ0) is 22.5. The maximum absolute atomic E-state index is 12.9. The summed E-state index contributed by atoms with van der Waals surface area (Å²) in [4.78, 5) is 27.2. The first-order chi connectivity index (χ1) is 14.0. The van der Waals surface area contributed by atoms with E-state index >= 15 is 0 Å². The molecule has 1 aliphatic heterocycles. The van der Waals surface area contributed by atoms with Crippen LogP contribution in [0.3, 0.4) is 0 Å². The zero-order valence-electron chi connectivity index (χ0n) is 18.9. The predicted octanol–water partition coefficient (Wildman–Crippen LogP) is 3.28. The Hall–Kier alpha value is -2.12. The smallest absolute Gasteiger partial charge is 0.410 e. The number of carbonyl (C=O) groups excluding carboxylic acids is 2. The van der Waals surface area contributed by atoms with Crippen molar-refractivity contribution in [3.05, 3.63) is 35.9 Å². The van der Waals surface area contributed by atoms with E-state index in [1.54, 1.807) is 25.9 Å². The summed E-state index contributed by atoms with van der Waals surface area (Å²) >= 11 is 0. The van der Waals surface area contributed by atoms with Crippen molar-refractivity contribution in [2.75, 3.05) is 13.7 Å². The molecule has 5 atom stereocenters. The highest BCUT2D eigenvalue weighted by molar-refractivity contribution is 5.79. The molecule has 2 N–H and O–H groups in total. The van der Waals surface area contributed by atoms with Crippen LogP contribution in [-0.4, -0.2) is 59.5 Å². The van der Waals surface area contributed by atoms with Crippen LogP contribution in [0, 0.1) is 5.92 Å². The van der Waals surface area contributed by atoms with Gasteiger partial charge in [0.15, 0.2) is 0 Å². The van der Waals surface area contributed by atoms with Crippen LogP contribution in [0.4, 0.5) is 4.79 Å². The molecule has 168 valence electrons. The Balaban J connectivity index is 2.04. The van der Waals surface area contributed by atoms with Gasteiger partial charge >= 0.3 is 6.09 Å². The topological polar surface area (TPSA) is 88.1 Å². The van der Waals surface area contributed by atoms with E-state index in [0.29, 0.717) is 6.54 Å². The predicted molar refractivity (Wildman–Crippen MR) is 115 cm³/mol. The van der Waals surface area contributed by atoms with Gasteiger partial charge in [-0.25, -0.2) is 4.79 Å². The Kier molecular flexibility index (Phi) is 8.26. The number of hydrogen-bond acceptors (Lipinski definition) is 5. The summed E-state index contributed by atoms with van der Waals surface area (Å²) < 4.78 is 11.2. The number of nitrogens with zero attached hydrogens (tertiary/aromatic N) is 1. The quantitative estimate of drug-likeness (QED) is 0.707. The lowest BCUT2D eigenvalue weighted by Gasteiger charge is -2.35. The monoisotopic (exact) mass is 420 g/mol. The lowest BCUT2D eigenvalue weighted by atomic mass is 9.94. The minimum Gasteiger partial charge on any atom is -0.444 e. The van der Waals surface area contributed by atoms with Gasteiger partial charge in [0, 0.05) is 13.7 Å². The molecule has 7 nitrogen and oxygen atoms in total. The average molecular weight is 421 g/mol. The Morgan fingerprint density at radius 2 is 1.83 bits per heavy atom. The van der Waals surface area contributed by atoms with Crippen molar-refractivity contribution < 1.29 is 24.2 Å². The largest absolute Gasteiger partial charge is 0.444 e. The van der Waals surface area contributed by atoms with Crippen molar-refractivity contribution in [1.29, 1.82) is 0 Å². The van der Waals surface area contributed by atoms with E-state index in [0.717, 1.165) is 18.4 Å². The first-order valence-corrected chi connectivity index (χ1v) is 10.6. The lowest BCUT2D eigenvalue weighted by Crippen LogP contribution is -2.51. The van der Waals surface area contributed by atoms with Crippen molar-refractivity contribution in [1.82, 2.24) is 10.2 Å². The van der Waals surface area contributed by atoms with E-state index < -0.39 is 29.8 Å². The molecular weight excluding hydrogens is 384 g/mol. The number of hydrogen-bond donors (Lipinski definition) is 2. The molecule has 0 unspecified atom stereocenters. The molecular formula is C23H36N2O5. The van der Waals surface area contributed by atoms with Crippen LogP contribution in [0.2, 0.25) is 0 Å². The van der Waals surface area contributed by atoms with E-state index in [2.05, 4.69) is 5.32 Å². The number of carbonyl (C=O) groups is 2. The van der Waals surface area contributed by atoms with Gasteiger partial charge in [0.05, 0.1) is 30.2 Å². The van der Waals surface area contributed by atoms with Crippen LogP contribution in [0.1, 0.15) is 59.1 Å². The Labute approximate surface area is 179 Å². The normalized spacial score (nSPS) is 20.9. The molecule has 7 heteroatoms. The molecule has 1 aromatic carbocycles. The van der Waals surface area contributed by atoms with Gasteiger partial charge in [0.1, 0.15) is 5.60 Å². The fourth-order valence-electron chi connectivity index (χ4n) is 3.90. The number of likely N-dealkylation sites (tertiary alicyclic amines) is 1. The minimum atomic E-state index is -0.812. The summed E-state index contributed by atoms with van der Waals surface area (Å²) in [6.45, 7) is 9.64. The first kappa shape index (κ1) is 24.2. The summed E-state index contributed by atoms with van der Waals surface area (Å²) in [5, 5.41) is 13.4. The number of methoxy groups -OCH3 is 1. The number of nitrogens with one attached hydrogen (secondary N) is 1. The molecule has 0 spiro atoms. The van der Waals surface area contributed by atoms with Gasteiger partial charge in [-0.15, -0.1) is 0 Å². The van der Waals surface area contributed by atoms with Crippen molar-refractivity contribution in [2.45, 2.75) is 77.4 Å². The van der Waals surface area contributed by atoms with Crippen molar-refractivity contribution in [2.24, 2.45) is 5.92 Å². The van der Waals surface area contributed by atoms with Gasteiger partial charge in [-0.3, -0.25) is 4.79 Å². The van der Waals surface area contributed by atoms with E-state index in [-0.39, 0.29) is 18.0 Å². The Morgan fingerprint density at radius 1 is 1.20 bits per heavy atom. The van der Waals surface area contributed by atoms with Gasteiger partial charge in [0.2, 0.25) is 5.91 Å². The van der Waals surface area contributed by atoms with Crippen LogP contribution in [-0.2, 0) is 14.3 Å². The average Bonchev–Trinajstić information content (AvgIpc) is 3.16. The second kappa shape index (κ2) is 10.3. The molecule has 1 fully saturated rings. The number of benzene rings is 1. The van der Waals surface area contributed by atoms with Crippen LogP contribution < -0.4 is 5.32 Å². The minimum absolute atomic E-state index is 0.222. The number of ether oxygens (including phenoxy) is 2. The maximum atomic E-state index is 12.9. The molecule has 2 amide bonds. The SMILES string of the molecule is CO[C@@H]([C@H](C)C(=O)N[C@H](C)[C@@H](O)c1ccccc1)[C@H]1CCCN1C(=O)OC(C)(C)C. The van der Waals surface area contributed by atoms with Gasteiger partial charge < -0.3 is 24.8 Å². The molecule has 2 rings (SSSR count). The fourth-order valence-corrected chi connectivity index (χ4v) is 3.90. The standard InChI is InChI=1S/C23H36N2O5/c1-15(21(27)24-16(2)19(26)17-11-8-7-9-12-17)20(29-6)18-13-10-14-25(18)22(28)30-23(3,4)5/h7-9,11-12,15-16,18-20,26H,10,13-14H2,1-6H3,(H,24,27)/t15-,16+,18+,19+,20-/m0/s1. The molecule has 0 aromatic heterocycles. The molecule has 1 saturated heterocycles. The number of rotatable bonds is 7. The van der Waals surface area contributed by atoms with E-state index in [9.17, 15) is 14.7 Å².